The van der Waals surface area contributed by atoms with Crippen molar-refractivity contribution < 1.29 is 25.5 Å². The van der Waals surface area contributed by atoms with Crippen LogP contribution in [-0.4, -0.2) is 17.4 Å². The first kappa shape index (κ1) is 40.5. The molecule has 0 fully saturated rings. The summed E-state index contributed by atoms with van der Waals surface area (Å²) in [6.07, 6.45) is 7.83. The van der Waals surface area contributed by atoms with Gasteiger partial charge in [-0.15, -0.1) is 0 Å². The molecule has 2 atom stereocenters. The summed E-state index contributed by atoms with van der Waals surface area (Å²) in [5, 5.41) is 6.02. The van der Waals surface area contributed by atoms with Crippen molar-refractivity contribution in [2.24, 2.45) is 23.7 Å². The van der Waals surface area contributed by atoms with Gasteiger partial charge in [0.2, 0.25) is 0 Å². The Morgan fingerprint density at radius 3 is 1.30 bits per heavy atom. The van der Waals surface area contributed by atoms with Crippen LogP contribution >= 0.6 is 17.2 Å². The normalized spacial score (nSPS) is 17.2. The van der Waals surface area contributed by atoms with E-state index in [1.807, 2.05) is 0 Å². The first-order chi connectivity index (χ1) is 25.7. The van der Waals surface area contributed by atoms with Crippen LogP contribution in [0, 0.1) is 23.7 Å². The van der Waals surface area contributed by atoms with Gasteiger partial charge in [-0.1, -0.05) is 0 Å². The van der Waals surface area contributed by atoms with Crippen LogP contribution in [0.5, 0.6) is 0 Å². The van der Waals surface area contributed by atoms with Crippen LogP contribution in [0.15, 0.2) is 96.1 Å². The Morgan fingerprint density at radius 1 is 0.574 bits per heavy atom. The molecule has 0 saturated carbocycles. The predicted octanol–water partition coefficient (Wildman–Crippen LogP) is 11.8. The molecule has 2 aliphatic rings. The Labute approximate surface area is 331 Å². The van der Waals surface area contributed by atoms with Gasteiger partial charge in [-0.05, 0) is 0 Å². The Balaban J connectivity index is 1.67. The molecule has 0 aliphatic heterocycles. The zero-order valence-corrected chi connectivity index (χ0v) is 38.0. The summed E-state index contributed by atoms with van der Waals surface area (Å²) in [4.78, 5) is 25.2. The molecule has 0 aromatic heterocycles. The van der Waals surface area contributed by atoms with E-state index in [1.165, 1.54) is 22.3 Å². The van der Waals surface area contributed by atoms with Crippen molar-refractivity contribution in [3.63, 3.8) is 0 Å². The predicted molar refractivity (Wildman–Crippen MR) is 228 cm³/mol. The molecule has 54 heavy (non-hydrogen) atoms. The van der Waals surface area contributed by atoms with Gasteiger partial charge in [0.15, 0.2) is 0 Å². The van der Waals surface area contributed by atoms with Crippen LogP contribution in [-0.2, 0) is 38.3 Å². The molecule has 8 heteroatoms. The van der Waals surface area contributed by atoms with Crippen molar-refractivity contribution in [1.82, 2.24) is 10.5 Å². The van der Waals surface area contributed by atoms with Crippen molar-refractivity contribution in [1.29, 1.82) is 0 Å². The van der Waals surface area contributed by atoms with Gasteiger partial charge in [-0.25, -0.2) is 0 Å². The van der Waals surface area contributed by atoms with Crippen molar-refractivity contribution in [2.45, 2.75) is 75.6 Å². The Kier molecular flexibility index (Phi) is 12.1. The van der Waals surface area contributed by atoms with Crippen LogP contribution in [0.2, 0.25) is 0 Å². The molecule has 6 rings (SSSR count). The van der Waals surface area contributed by atoms with Gasteiger partial charge in [0.1, 0.15) is 0 Å². The molecule has 2 amide bonds. The van der Waals surface area contributed by atoms with Crippen molar-refractivity contribution in [3.05, 3.63) is 129 Å². The summed E-state index contributed by atoms with van der Waals surface area (Å²) in [5.41, 5.74) is 13.9. The average molecular weight is 927 g/mol. The molecule has 281 valence electrons. The van der Waals surface area contributed by atoms with Crippen molar-refractivity contribution >= 4 is 46.7 Å². The van der Waals surface area contributed by atoms with E-state index in [9.17, 15) is 9.59 Å². The molecule has 0 heterocycles. The second-order valence-electron chi connectivity index (χ2n) is 16.8. The molecular weight excluding hydrogens is 873 g/mol. The van der Waals surface area contributed by atoms with Gasteiger partial charge in [-0.3, -0.25) is 0 Å². The molecule has 0 radical (unpaired) electrons. The molecule has 2 unspecified atom stereocenters. The van der Waals surface area contributed by atoms with Crippen LogP contribution in [0.4, 0.5) is 0 Å². The summed E-state index contributed by atoms with van der Waals surface area (Å²) >= 11 is -6.09. The van der Waals surface area contributed by atoms with E-state index in [2.05, 4.69) is 163 Å². The number of carbonyl (C=O) groups is 2. The Morgan fingerprint density at radius 2 is 0.944 bits per heavy atom. The maximum absolute atomic E-state index is 12.6. The molecule has 0 saturated heterocycles. The van der Waals surface area contributed by atoms with E-state index in [0.717, 1.165) is 57.4 Å². The third kappa shape index (κ3) is 7.16. The molecular formula is C46H54BCl2HfN2O2. The van der Waals surface area contributed by atoms with Gasteiger partial charge < -0.3 is 0 Å². The van der Waals surface area contributed by atoms with Gasteiger partial charge in [-0.2, -0.15) is 0 Å². The minimum atomic E-state index is -6.09. The van der Waals surface area contributed by atoms with E-state index in [0.29, 0.717) is 24.7 Å². The summed E-state index contributed by atoms with van der Waals surface area (Å²) in [6.45, 7) is 17.8. The number of hydrogen-bond donors (Lipinski definition) is 2. The molecule has 2 N–H and O–H groups in total. The number of benzene rings is 4. The molecule has 4 aromatic rings. The van der Waals surface area contributed by atoms with E-state index >= 15 is 0 Å². The number of fused-ring (bicyclic) bond motifs is 2. The summed E-state index contributed by atoms with van der Waals surface area (Å²) in [6, 6.07) is 30.3. The van der Waals surface area contributed by atoms with E-state index < -0.39 is 27.8 Å². The van der Waals surface area contributed by atoms with Crippen molar-refractivity contribution in [3.8, 4) is 22.3 Å². The first-order valence-corrected chi connectivity index (χ1v) is 34.7. The number of hydrogen-bond acceptors (Lipinski definition) is 2. The molecule has 4 aromatic carbocycles. The summed E-state index contributed by atoms with van der Waals surface area (Å²) in [5.74, 6) is 1.16. The average Bonchev–Trinajstić information content (AvgIpc) is 3.74. The van der Waals surface area contributed by atoms with Gasteiger partial charge in [0, 0.05) is 0 Å². The Hall–Kier alpha value is -3.18. The van der Waals surface area contributed by atoms with E-state index in [1.54, 1.807) is 0 Å². The maximum atomic E-state index is 12.6. The zero-order valence-electron chi connectivity index (χ0n) is 32.9. The van der Waals surface area contributed by atoms with Crippen LogP contribution in [0.3, 0.4) is 0 Å². The molecule has 0 bridgehead atoms. The fourth-order valence-electron chi connectivity index (χ4n) is 9.36. The van der Waals surface area contributed by atoms with Crippen LogP contribution in [0.1, 0.15) is 96.1 Å². The number of nitrogens with one attached hydrogen (secondary N) is 2. The van der Waals surface area contributed by atoms with E-state index in [-0.39, 0.29) is 11.8 Å². The van der Waals surface area contributed by atoms with Crippen LogP contribution < -0.4 is 10.5 Å². The Bertz CT molecular complexity index is 1980. The monoisotopic (exact) mass is 927 g/mol. The second kappa shape index (κ2) is 16.1. The third-order valence-electron chi connectivity index (χ3n) is 11.5. The SMILES string of the molecule is CC(C)Cc1ccccc1-c1cccc2c1C=C(C(C)C)[CH]2[Hf]([Cl])([Cl])([B](NC=O)NC=O)[CH]1C(C(C)C)=Cc2c(-c3ccccc3CC(C)C)cccc21. The van der Waals surface area contributed by atoms with Gasteiger partial charge >= 0.3 is 334 Å². The fraction of sp³-hybridized carbons (Fsp3) is 0.348. The third-order valence-corrected chi connectivity index (χ3v) is 40.0. The van der Waals surface area contributed by atoms with Crippen LogP contribution in [0.25, 0.3) is 34.4 Å². The number of halogens is 2. The standard InChI is InChI=1S/2C22H25.C2H3BN2O2.2ClH.Hf/c2*1-15(2)12-17-8-5-6-10-20(17)21-11-7-9-18-13-19(16(3)4)14-22(18)21;6-1-4-3-5-2-7;;;/h2*5-11,13-16H,12H2,1-4H3;1-2H,(H-,4,5,6,7);2*1H;/q;;;;;+1/p-1. The van der Waals surface area contributed by atoms with Crippen molar-refractivity contribution in [2.75, 3.05) is 0 Å². The van der Waals surface area contributed by atoms with Gasteiger partial charge in [0.05, 0.1) is 0 Å². The number of allylic oxidation sites excluding steroid dienone is 2. The zero-order chi connectivity index (χ0) is 39.0. The topological polar surface area (TPSA) is 58.2 Å². The van der Waals surface area contributed by atoms with E-state index in [4.69, 9.17) is 17.2 Å². The summed E-state index contributed by atoms with van der Waals surface area (Å²) < 4.78 is -1.76. The number of rotatable bonds is 15. The minimum absolute atomic E-state index is 0.0869. The summed E-state index contributed by atoms with van der Waals surface area (Å²) in [7, 11) is 17.4. The quantitative estimate of drug-likeness (QED) is 0.0922. The van der Waals surface area contributed by atoms with Gasteiger partial charge in [0.25, 0.3) is 0 Å². The fourth-order valence-corrected chi connectivity index (χ4v) is 39.4. The number of carbonyl (C=O) groups excluding carboxylic acids is 2. The molecule has 0 spiro atoms. The second-order valence-corrected chi connectivity index (χ2v) is 47.2. The molecule has 2 aliphatic carbocycles. The molecule has 4 nitrogen and oxygen atoms in total. The number of amides is 2. The first-order valence-electron chi connectivity index (χ1n) is 19.5.